The fourth-order valence-corrected chi connectivity index (χ4v) is 4.66. The van der Waals surface area contributed by atoms with Crippen LogP contribution >= 0.6 is 11.3 Å². The fraction of sp³-hybridized carbons (Fsp3) is 0.483. The molecule has 7 nitrogen and oxygen atoms in total. The van der Waals surface area contributed by atoms with E-state index in [2.05, 4.69) is 37.5 Å². The maximum absolute atomic E-state index is 12.2. The van der Waals surface area contributed by atoms with Gasteiger partial charge < -0.3 is 21.3 Å². The molecule has 3 atom stereocenters. The SMILES string of the molecule is CC(/C=C/C(C)=C/[C@@H](C)Cc1nc(CC[C@@H](N)CC(=O)O[C@@H](C)C/C(C)=C/C=C\C(=O)O)cs1)=C\CN. The van der Waals surface area contributed by atoms with E-state index >= 15 is 0 Å². The van der Waals surface area contributed by atoms with E-state index in [9.17, 15) is 9.59 Å². The average Bonchev–Trinajstić information content (AvgIpc) is 3.23. The van der Waals surface area contributed by atoms with Gasteiger partial charge in [0.2, 0.25) is 0 Å². The van der Waals surface area contributed by atoms with Crippen LogP contribution in [-0.2, 0) is 27.2 Å². The molecule has 0 bridgehead atoms. The second kappa shape index (κ2) is 17.6. The predicted molar refractivity (Wildman–Crippen MR) is 152 cm³/mol. The third kappa shape index (κ3) is 15.8. The van der Waals surface area contributed by atoms with Crippen molar-refractivity contribution in [2.45, 2.75) is 78.9 Å². The van der Waals surface area contributed by atoms with Crippen LogP contribution in [0.4, 0.5) is 0 Å². The number of carbonyl (C=O) groups is 2. The van der Waals surface area contributed by atoms with Gasteiger partial charge in [-0.2, -0.15) is 0 Å². The zero-order valence-electron chi connectivity index (χ0n) is 22.8. The molecule has 0 fully saturated rings. The van der Waals surface area contributed by atoms with Crippen molar-refractivity contribution in [3.63, 3.8) is 0 Å². The molecular weight excluding hydrogens is 486 g/mol. The minimum absolute atomic E-state index is 0.150. The molecule has 5 N–H and O–H groups in total. The lowest BCUT2D eigenvalue weighted by Gasteiger charge is -2.15. The van der Waals surface area contributed by atoms with E-state index in [-0.39, 0.29) is 24.5 Å². The topological polar surface area (TPSA) is 129 Å². The van der Waals surface area contributed by atoms with Gasteiger partial charge in [0.25, 0.3) is 0 Å². The summed E-state index contributed by atoms with van der Waals surface area (Å²) in [6, 6.07) is -0.298. The van der Waals surface area contributed by atoms with Crippen LogP contribution in [0.25, 0.3) is 0 Å². The average molecular weight is 530 g/mol. The van der Waals surface area contributed by atoms with Crippen molar-refractivity contribution in [2.75, 3.05) is 6.54 Å². The summed E-state index contributed by atoms with van der Waals surface area (Å²) in [6.45, 7) is 10.5. The summed E-state index contributed by atoms with van der Waals surface area (Å²) in [5, 5.41) is 11.8. The van der Waals surface area contributed by atoms with Gasteiger partial charge in [-0.3, -0.25) is 4.79 Å². The van der Waals surface area contributed by atoms with Gasteiger partial charge in [0.15, 0.2) is 0 Å². The first-order valence-electron chi connectivity index (χ1n) is 12.7. The Hall–Kier alpha value is -2.81. The van der Waals surface area contributed by atoms with Crippen LogP contribution in [0.1, 0.15) is 64.6 Å². The molecule has 37 heavy (non-hydrogen) atoms. The molecule has 0 radical (unpaired) electrons. The number of nitrogens with zero attached hydrogens (tertiary/aromatic N) is 1. The highest BCUT2D eigenvalue weighted by Gasteiger charge is 2.15. The Kier molecular flexibility index (Phi) is 15.3. The number of carboxylic acid groups (broad SMARTS) is 1. The highest BCUT2D eigenvalue weighted by Crippen LogP contribution is 2.18. The van der Waals surface area contributed by atoms with E-state index in [1.54, 1.807) is 17.4 Å². The number of aryl methyl sites for hydroxylation is 1. The first kappa shape index (κ1) is 32.2. The summed E-state index contributed by atoms with van der Waals surface area (Å²) in [4.78, 5) is 27.5. The molecule has 0 aliphatic carbocycles. The zero-order valence-corrected chi connectivity index (χ0v) is 23.6. The molecule has 1 aromatic rings. The first-order valence-corrected chi connectivity index (χ1v) is 13.5. The molecule has 0 aliphatic heterocycles. The molecular formula is C29H43N3O4S. The number of aliphatic carboxylic acids is 1. The number of esters is 1. The quantitative estimate of drug-likeness (QED) is 0.151. The molecule has 204 valence electrons. The van der Waals surface area contributed by atoms with Crippen molar-refractivity contribution < 1.29 is 19.4 Å². The molecule has 0 spiro atoms. The monoisotopic (exact) mass is 529 g/mol. The summed E-state index contributed by atoms with van der Waals surface area (Å²) >= 11 is 1.66. The lowest BCUT2D eigenvalue weighted by Crippen LogP contribution is -2.27. The Morgan fingerprint density at radius 2 is 1.84 bits per heavy atom. The number of nitrogens with two attached hydrogens (primary N) is 2. The normalized spacial score (nSPS) is 15.8. The summed E-state index contributed by atoms with van der Waals surface area (Å²) in [6.07, 6.45) is 15.3. The third-order valence-corrected chi connectivity index (χ3v) is 6.37. The maximum atomic E-state index is 12.2. The standard InChI is InChI=1S/C29H43N3O4S/c1-20(13-14-30)9-10-22(3)15-23(4)17-27-32-26(19-37-27)12-11-25(31)18-29(35)36-24(5)16-21(2)7-6-8-28(33)34/h6-10,13,15,19,23-25H,11-12,14,16-18,30-31H2,1-5H3,(H,33,34)/b8-6-,10-9+,20-13+,21-7+,22-15+/t23-,24+,25-/m1/s1. The van der Waals surface area contributed by atoms with Crippen LogP contribution < -0.4 is 11.5 Å². The molecule has 0 saturated carbocycles. The number of rotatable bonds is 16. The smallest absolute Gasteiger partial charge is 0.328 e. The van der Waals surface area contributed by atoms with E-state index < -0.39 is 5.97 Å². The fourth-order valence-electron chi connectivity index (χ4n) is 3.69. The van der Waals surface area contributed by atoms with Crippen molar-refractivity contribution in [1.82, 2.24) is 4.98 Å². The molecule has 0 amide bonds. The predicted octanol–water partition coefficient (Wildman–Crippen LogP) is 5.29. The number of hydrogen-bond donors (Lipinski definition) is 3. The molecule has 0 unspecified atom stereocenters. The van der Waals surface area contributed by atoms with Crippen molar-refractivity contribution in [2.24, 2.45) is 17.4 Å². The summed E-state index contributed by atoms with van der Waals surface area (Å²) in [7, 11) is 0. The molecule has 0 aliphatic rings. The number of carboxylic acids is 1. The van der Waals surface area contributed by atoms with Crippen LogP contribution in [0.2, 0.25) is 0 Å². The van der Waals surface area contributed by atoms with E-state index in [1.807, 2.05) is 26.8 Å². The highest BCUT2D eigenvalue weighted by atomic mass is 32.1. The van der Waals surface area contributed by atoms with Gasteiger partial charge in [0.05, 0.1) is 17.1 Å². The highest BCUT2D eigenvalue weighted by molar-refractivity contribution is 7.09. The summed E-state index contributed by atoms with van der Waals surface area (Å²) in [5.74, 6) is -0.959. The summed E-state index contributed by atoms with van der Waals surface area (Å²) in [5.41, 5.74) is 16.0. The number of ether oxygens (including phenoxy) is 1. The van der Waals surface area contributed by atoms with Crippen LogP contribution in [0.3, 0.4) is 0 Å². The van der Waals surface area contributed by atoms with Gasteiger partial charge >= 0.3 is 11.9 Å². The van der Waals surface area contributed by atoms with E-state index in [4.69, 9.17) is 26.3 Å². The lowest BCUT2D eigenvalue weighted by atomic mass is 10.0. The zero-order chi connectivity index (χ0) is 27.8. The largest absolute Gasteiger partial charge is 0.478 e. The third-order valence-electron chi connectivity index (χ3n) is 5.45. The second-order valence-corrected chi connectivity index (χ2v) is 10.5. The van der Waals surface area contributed by atoms with Gasteiger partial charge in [-0.25, -0.2) is 9.78 Å². The Labute approximate surface area is 225 Å². The van der Waals surface area contributed by atoms with Crippen molar-refractivity contribution in [3.8, 4) is 0 Å². The minimum Gasteiger partial charge on any atom is -0.478 e. The van der Waals surface area contributed by atoms with Gasteiger partial charge in [-0.15, -0.1) is 11.3 Å². The summed E-state index contributed by atoms with van der Waals surface area (Å²) < 4.78 is 5.46. The van der Waals surface area contributed by atoms with Gasteiger partial charge in [-0.05, 0) is 46.5 Å². The lowest BCUT2D eigenvalue weighted by molar-refractivity contribution is -0.148. The van der Waals surface area contributed by atoms with Crippen molar-refractivity contribution in [3.05, 3.63) is 75.3 Å². The number of allylic oxidation sites excluding steroid dienone is 7. The Morgan fingerprint density at radius 1 is 1.14 bits per heavy atom. The van der Waals surface area contributed by atoms with Crippen LogP contribution in [-0.4, -0.2) is 40.7 Å². The molecule has 1 heterocycles. The van der Waals surface area contributed by atoms with E-state index in [0.29, 0.717) is 25.3 Å². The molecule has 1 rings (SSSR count). The minimum atomic E-state index is -1.00. The molecule has 8 heteroatoms. The van der Waals surface area contributed by atoms with Gasteiger partial charge in [0.1, 0.15) is 6.10 Å². The van der Waals surface area contributed by atoms with E-state index in [0.717, 1.165) is 40.8 Å². The number of hydrogen-bond acceptors (Lipinski definition) is 7. The van der Waals surface area contributed by atoms with Gasteiger partial charge in [-0.1, -0.05) is 60.1 Å². The van der Waals surface area contributed by atoms with Crippen LogP contribution in [0.5, 0.6) is 0 Å². The molecule has 0 aromatic carbocycles. The van der Waals surface area contributed by atoms with Crippen molar-refractivity contribution in [1.29, 1.82) is 0 Å². The maximum Gasteiger partial charge on any atom is 0.328 e. The second-order valence-electron chi connectivity index (χ2n) is 9.56. The molecule has 1 aromatic heterocycles. The number of thiazole rings is 1. The number of carbonyl (C=O) groups excluding carboxylic acids is 1. The Morgan fingerprint density at radius 3 is 2.51 bits per heavy atom. The Bertz CT molecular complexity index is 1020. The van der Waals surface area contributed by atoms with Crippen LogP contribution in [0, 0.1) is 5.92 Å². The number of aromatic nitrogens is 1. The van der Waals surface area contributed by atoms with Crippen LogP contribution in [0.15, 0.2) is 64.6 Å². The Balaban J connectivity index is 2.44. The van der Waals surface area contributed by atoms with Gasteiger partial charge in [0, 0.05) is 36.9 Å². The van der Waals surface area contributed by atoms with E-state index in [1.165, 1.54) is 11.6 Å². The molecule has 0 saturated heterocycles. The first-order chi connectivity index (χ1) is 17.5. The van der Waals surface area contributed by atoms with Crippen molar-refractivity contribution >= 4 is 23.3 Å².